The summed E-state index contributed by atoms with van der Waals surface area (Å²) in [7, 11) is 0. The van der Waals surface area contributed by atoms with E-state index in [9.17, 15) is 4.79 Å². The number of nitrogens with zero attached hydrogens (tertiary/aromatic N) is 4. The fraction of sp³-hybridized carbons (Fsp3) is 0.524. The Morgan fingerprint density at radius 1 is 1.27 bits per heavy atom. The Kier molecular flexibility index (Phi) is 7.32. The molecular formula is C21H27N5OS3. The molecule has 30 heavy (non-hydrogen) atoms. The van der Waals surface area contributed by atoms with Crippen molar-refractivity contribution in [1.82, 2.24) is 25.1 Å². The van der Waals surface area contributed by atoms with Crippen molar-refractivity contribution in [2.24, 2.45) is 0 Å². The minimum absolute atomic E-state index is 0.1000. The van der Waals surface area contributed by atoms with E-state index in [4.69, 9.17) is 0 Å². The number of hydrogen-bond donors (Lipinski definition) is 1. The Balaban J connectivity index is 1.36. The third-order valence-corrected chi connectivity index (χ3v) is 8.57. The van der Waals surface area contributed by atoms with Crippen LogP contribution in [0.2, 0.25) is 0 Å². The molecular weight excluding hydrogens is 434 g/mol. The van der Waals surface area contributed by atoms with Crippen LogP contribution in [0.1, 0.15) is 51.8 Å². The van der Waals surface area contributed by atoms with E-state index < -0.39 is 0 Å². The second-order valence-corrected chi connectivity index (χ2v) is 11.0. The molecule has 2 aromatic heterocycles. The molecule has 0 radical (unpaired) electrons. The van der Waals surface area contributed by atoms with Gasteiger partial charge in [-0.2, -0.15) is 0 Å². The first-order valence-corrected chi connectivity index (χ1v) is 13.2. The molecule has 1 atom stereocenters. The number of benzene rings is 1. The number of rotatable bonds is 8. The fourth-order valence-corrected chi connectivity index (χ4v) is 6.60. The smallest absolute Gasteiger partial charge is 0.233 e. The summed E-state index contributed by atoms with van der Waals surface area (Å²) in [6, 6.07) is 8.52. The molecule has 1 aromatic carbocycles. The van der Waals surface area contributed by atoms with Crippen LogP contribution in [-0.4, -0.2) is 36.9 Å². The normalized spacial score (nSPS) is 16.1. The molecule has 6 nitrogen and oxygen atoms in total. The van der Waals surface area contributed by atoms with Gasteiger partial charge in [0.2, 0.25) is 5.91 Å². The Hall–Kier alpha value is -1.58. The summed E-state index contributed by atoms with van der Waals surface area (Å²) < 4.78 is 4.34. The van der Waals surface area contributed by atoms with Crippen LogP contribution in [0.15, 0.2) is 33.8 Å². The third kappa shape index (κ3) is 5.18. The van der Waals surface area contributed by atoms with Crippen molar-refractivity contribution in [3.8, 4) is 0 Å². The number of fused-ring (bicyclic) bond motifs is 1. The first kappa shape index (κ1) is 21.6. The van der Waals surface area contributed by atoms with Crippen molar-refractivity contribution >= 4 is 51.0 Å². The summed E-state index contributed by atoms with van der Waals surface area (Å²) in [6.45, 7) is 4.82. The maximum absolute atomic E-state index is 12.6. The number of carbonyl (C=O) groups is 1. The average molecular weight is 462 g/mol. The van der Waals surface area contributed by atoms with Gasteiger partial charge in [-0.25, -0.2) is 4.98 Å². The van der Waals surface area contributed by atoms with Gasteiger partial charge < -0.3 is 9.88 Å². The predicted octanol–water partition coefficient (Wildman–Crippen LogP) is 5.13. The molecule has 4 rings (SSSR count). The zero-order chi connectivity index (χ0) is 20.9. The zero-order valence-corrected chi connectivity index (χ0v) is 19.8. The van der Waals surface area contributed by atoms with Gasteiger partial charge in [-0.3, -0.25) is 4.79 Å². The van der Waals surface area contributed by atoms with E-state index in [1.54, 1.807) is 23.1 Å². The van der Waals surface area contributed by atoms with E-state index in [-0.39, 0.29) is 11.2 Å². The number of thiazole rings is 1. The molecule has 1 fully saturated rings. The summed E-state index contributed by atoms with van der Waals surface area (Å²) in [5.74, 6) is 1.73. The summed E-state index contributed by atoms with van der Waals surface area (Å²) >= 11 is 4.88. The molecule has 1 aliphatic carbocycles. The van der Waals surface area contributed by atoms with Crippen molar-refractivity contribution in [1.29, 1.82) is 0 Å². The maximum Gasteiger partial charge on any atom is 0.233 e. The Morgan fingerprint density at radius 2 is 2.07 bits per heavy atom. The molecule has 160 valence electrons. The van der Waals surface area contributed by atoms with Crippen LogP contribution < -0.4 is 5.32 Å². The number of thioether (sulfide) groups is 2. The van der Waals surface area contributed by atoms with Crippen molar-refractivity contribution in [3.63, 3.8) is 0 Å². The van der Waals surface area contributed by atoms with E-state index in [2.05, 4.69) is 38.1 Å². The first-order valence-electron chi connectivity index (χ1n) is 10.5. The van der Waals surface area contributed by atoms with Gasteiger partial charge in [0.25, 0.3) is 0 Å². The molecule has 0 bridgehead atoms. The van der Waals surface area contributed by atoms with Crippen LogP contribution in [0.25, 0.3) is 10.2 Å². The summed E-state index contributed by atoms with van der Waals surface area (Å²) in [4.78, 5) is 17.3. The van der Waals surface area contributed by atoms with Crippen molar-refractivity contribution in [2.75, 3.05) is 0 Å². The summed E-state index contributed by atoms with van der Waals surface area (Å²) in [5.41, 5.74) is 1.04. The molecule has 3 aromatic rings. The molecule has 0 spiro atoms. The SMILES string of the molecule is CCn1c(CSc2nc3ccccc3s2)nnc1SC(C)C(=O)NC1CCCCC1. The third-order valence-electron chi connectivity index (χ3n) is 5.31. The molecule has 1 unspecified atom stereocenters. The van der Waals surface area contributed by atoms with Gasteiger partial charge in [-0.05, 0) is 38.8 Å². The van der Waals surface area contributed by atoms with Crippen molar-refractivity contribution in [2.45, 2.75) is 79.0 Å². The van der Waals surface area contributed by atoms with Gasteiger partial charge in [-0.15, -0.1) is 21.5 Å². The highest BCUT2D eigenvalue weighted by molar-refractivity contribution is 8.00. The van der Waals surface area contributed by atoms with Crippen LogP contribution in [0, 0.1) is 0 Å². The first-order chi connectivity index (χ1) is 14.6. The van der Waals surface area contributed by atoms with Gasteiger partial charge in [0.1, 0.15) is 5.82 Å². The van der Waals surface area contributed by atoms with E-state index in [0.717, 1.165) is 40.2 Å². The Bertz CT molecular complexity index is 963. The highest BCUT2D eigenvalue weighted by Gasteiger charge is 2.23. The van der Waals surface area contributed by atoms with Crippen LogP contribution in [0.4, 0.5) is 0 Å². The molecule has 1 N–H and O–H groups in total. The minimum atomic E-state index is -0.189. The minimum Gasteiger partial charge on any atom is -0.352 e. The van der Waals surface area contributed by atoms with E-state index in [1.807, 2.05) is 25.1 Å². The molecule has 1 amide bonds. The number of nitrogens with one attached hydrogen (secondary N) is 1. The standard InChI is InChI=1S/C21H27N5OS3/c1-3-26-18(13-28-21-23-16-11-7-8-12-17(16)30-21)24-25-20(26)29-14(2)19(27)22-15-9-5-4-6-10-15/h7-8,11-12,14-15H,3-6,9-10,13H2,1-2H3,(H,22,27). The van der Waals surface area contributed by atoms with Gasteiger partial charge in [0, 0.05) is 12.6 Å². The molecule has 9 heteroatoms. The molecule has 2 heterocycles. The second kappa shape index (κ2) is 10.2. The lowest BCUT2D eigenvalue weighted by Gasteiger charge is -2.24. The number of aromatic nitrogens is 4. The largest absolute Gasteiger partial charge is 0.352 e. The van der Waals surface area contributed by atoms with E-state index >= 15 is 0 Å². The Morgan fingerprint density at radius 3 is 2.83 bits per heavy atom. The maximum atomic E-state index is 12.6. The number of hydrogen-bond acceptors (Lipinski definition) is 7. The molecule has 1 saturated carbocycles. The molecule has 0 aliphatic heterocycles. The fourth-order valence-electron chi connectivity index (χ4n) is 3.65. The lowest BCUT2D eigenvalue weighted by atomic mass is 9.95. The van der Waals surface area contributed by atoms with E-state index in [0.29, 0.717) is 11.8 Å². The van der Waals surface area contributed by atoms with Crippen LogP contribution >= 0.6 is 34.9 Å². The number of para-hydroxylation sites is 1. The topological polar surface area (TPSA) is 72.7 Å². The average Bonchev–Trinajstić information content (AvgIpc) is 3.35. The van der Waals surface area contributed by atoms with E-state index in [1.165, 1.54) is 35.7 Å². The van der Waals surface area contributed by atoms with Gasteiger partial charge >= 0.3 is 0 Å². The van der Waals surface area contributed by atoms with Crippen LogP contribution in [0.3, 0.4) is 0 Å². The van der Waals surface area contributed by atoms with Gasteiger partial charge in [0.15, 0.2) is 9.50 Å². The number of amides is 1. The quantitative estimate of drug-likeness (QED) is 0.469. The highest BCUT2D eigenvalue weighted by Crippen LogP contribution is 2.32. The van der Waals surface area contributed by atoms with Gasteiger partial charge in [-0.1, -0.05) is 54.9 Å². The van der Waals surface area contributed by atoms with Crippen LogP contribution in [0.5, 0.6) is 0 Å². The molecule has 0 saturated heterocycles. The Labute approximate surface area is 189 Å². The van der Waals surface area contributed by atoms with Gasteiger partial charge in [0.05, 0.1) is 21.2 Å². The summed E-state index contributed by atoms with van der Waals surface area (Å²) in [5, 5.41) is 12.6. The van der Waals surface area contributed by atoms with Crippen LogP contribution in [-0.2, 0) is 17.1 Å². The van der Waals surface area contributed by atoms with Crippen molar-refractivity contribution in [3.05, 3.63) is 30.1 Å². The molecule has 1 aliphatic rings. The highest BCUT2D eigenvalue weighted by atomic mass is 32.2. The predicted molar refractivity (Wildman–Crippen MR) is 125 cm³/mol. The second-order valence-electron chi connectivity index (χ2n) is 7.48. The van der Waals surface area contributed by atoms with Crippen molar-refractivity contribution < 1.29 is 4.79 Å². The lowest BCUT2D eigenvalue weighted by molar-refractivity contribution is -0.121. The number of carbonyl (C=O) groups excluding carboxylic acids is 1. The zero-order valence-electron chi connectivity index (χ0n) is 17.3. The lowest BCUT2D eigenvalue weighted by Crippen LogP contribution is -2.40. The monoisotopic (exact) mass is 461 g/mol. The summed E-state index contributed by atoms with van der Waals surface area (Å²) in [6.07, 6.45) is 5.91.